The fourth-order valence-corrected chi connectivity index (χ4v) is 2.49. The summed E-state index contributed by atoms with van der Waals surface area (Å²) in [6, 6.07) is 18.2. The number of benzene rings is 2. The molecule has 110 valence electrons. The van der Waals surface area contributed by atoms with Gasteiger partial charge in [-0.3, -0.25) is 4.99 Å². The lowest BCUT2D eigenvalue weighted by Crippen LogP contribution is -2.02. The van der Waals surface area contributed by atoms with Crippen LogP contribution in [-0.4, -0.2) is 12.8 Å². The summed E-state index contributed by atoms with van der Waals surface area (Å²) in [5.74, 6) is 0.850. The van der Waals surface area contributed by atoms with Crippen LogP contribution in [0, 0.1) is 0 Å². The Balaban J connectivity index is 1.91. The zero-order valence-corrected chi connectivity index (χ0v) is 12.7. The fourth-order valence-electron chi connectivity index (χ4n) is 2.49. The quantitative estimate of drug-likeness (QED) is 0.702. The van der Waals surface area contributed by atoms with Crippen LogP contribution < -0.4 is 4.74 Å². The number of ether oxygens (including phenoxy) is 1. The Labute approximate surface area is 131 Å². The Kier molecular flexibility index (Phi) is 4.50. The molecular formula is C20H19NO. The van der Waals surface area contributed by atoms with E-state index in [4.69, 9.17) is 9.73 Å². The third kappa shape index (κ3) is 3.53. The second kappa shape index (κ2) is 6.90. The highest BCUT2D eigenvalue weighted by Gasteiger charge is 2.08. The van der Waals surface area contributed by atoms with Gasteiger partial charge in [-0.1, -0.05) is 54.1 Å². The van der Waals surface area contributed by atoms with Gasteiger partial charge in [0.1, 0.15) is 5.75 Å². The lowest BCUT2D eigenvalue weighted by Gasteiger charge is -2.09. The van der Waals surface area contributed by atoms with E-state index in [1.54, 1.807) is 7.11 Å². The van der Waals surface area contributed by atoms with Crippen molar-refractivity contribution in [2.45, 2.75) is 12.8 Å². The van der Waals surface area contributed by atoms with Crippen LogP contribution in [0.1, 0.15) is 18.4 Å². The van der Waals surface area contributed by atoms with Crippen molar-refractivity contribution in [1.29, 1.82) is 0 Å². The molecule has 0 bridgehead atoms. The highest BCUT2D eigenvalue weighted by Crippen LogP contribution is 2.23. The van der Waals surface area contributed by atoms with Gasteiger partial charge in [-0.25, -0.2) is 0 Å². The summed E-state index contributed by atoms with van der Waals surface area (Å²) in [6.45, 7) is 0. The zero-order valence-electron chi connectivity index (χ0n) is 12.7. The van der Waals surface area contributed by atoms with Gasteiger partial charge in [-0.05, 0) is 36.2 Å². The molecule has 0 radical (unpaired) electrons. The van der Waals surface area contributed by atoms with Crippen LogP contribution >= 0.6 is 0 Å². The summed E-state index contributed by atoms with van der Waals surface area (Å²) in [5.41, 5.74) is 4.62. The van der Waals surface area contributed by atoms with Gasteiger partial charge >= 0.3 is 0 Å². The van der Waals surface area contributed by atoms with Gasteiger partial charge < -0.3 is 4.74 Å². The molecule has 2 aromatic rings. The van der Waals surface area contributed by atoms with Gasteiger partial charge in [0.25, 0.3) is 0 Å². The standard InChI is InChI=1S/C20H19NO/c1-22-19-13-11-18(12-14-19)21-20(15-16-7-5-6-8-16)17-9-3-2-4-10-17/h2-7,9-14H,8,15H2,1H3. The molecule has 3 rings (SSSR count). The molecule has 0 unspecified atom stereocenters. The predicted octanol–water partition coefficient (Wildman–Crippen LogP) is 5.09. The zero-order chi connectivity index (χ0) is 15.2. The molecule has 0 amide bonds. The summed E-state index contributed by atoms with van der Waals surface area (Å²) in [6.07, 6.45) is 8.39. The van der Waals surface area contributed by atoms with Gasteiger partial charge in [0.15, 0.2) is 0 Å². The highest BCUT2D eigenvalue weighted by atomic mass is 16.5. The smallest absolute Gasteiger partial charge is 0.119 e. The maximum atomic E-state index is 5.20. The molecule has 0 aromatic heterocycles. The molecule has 0 atom stereocenters. The van der Waals surface area contributed by atoms with Gasteiger partial charge in [-0.2, -0.15) is 0 Å². The second-order valence-corrected chi connectivity index (χ2v) is 5.26. The van der Waals surface area contributed by atoms with Gasteiger partial charge in [0, 0.05) is 6.42 Å². The van der Waals surface area contributed by atoms with Crippen LogP contribution in [0.2, 0.25) is 0 Å². The number of hydrogen-bond donors (Lipinski definition) is 0. The van der Waals surface area contributed by atoms with Gasteiger partial charge in [0.2, 0.25) is 0 Å². The van der Waals surface area contributed by atoms with Crippen LogP contribution in [0.4, 0.5) is 5.69 Å². The van der Waals surface area contributed by atoms with E-state index >= 15 is 0 Å². The molecule has 22 heavy (non-hydrogen) atoms. The number of hydrogen-bond acceptors (Lipinski definition) is 2. The van der Waals surface area contributed by atoms with Crippen molar-refractivity contribution in [2.24, 2.45) is 4.99 Å². The van der Waals surface area contributed by atoms with Crippen molar-refractivity contribution in [3.05, 3.63) is 84.0 Å². The van der Waals surface area contributed by atoms with Crippen molar-refractivity contribution in [3.8, 4) is 5.75 Å². The van der Waals surface area contributed by atoms with Crippen molar-refractivity contribution in [3.63, 3.8) is 0 Å². The van der Waals surface area contributed by atoms with Gasteiger partial charge in [-0.15, -0.1) is 0 Å². The van der Waals surface area contributed by atoms with Crippen molar-refractivity contribution in [2.75, 3.05) is 7.11 Å². The molecule has 2 heteroatoms. The molecule has 1 aliphatic carbocycles. The van der Waals surface area contributed by atoms with Crippen molar-refractivity contribution in [1.82, 2.24) is 0 Å². The summed E-state index contributed by atoms with van der Waals surface area (Å²) < 4.78 is 5.20. The van der Waals surface area contributed by atoms with E-state index in [1.807, 2.05) is 30.3 Å². The first-order chi connectivity index (χ1) is 10.8. The summed E-state index contributed by atoms with van der Waals surface area (Å²) in [7, 11) is 1.67. The number of methoxy groups -OCH3 is 1. The van der Waals surface area contributed by atoms with E-state index in [9.17, 15) is 0 Å². The lowest BCUT2D eigenvalue weighted by atomic mass is 10.0. The molecule has 2 aromatic carbocycles. The maximum absolute atomic E-state index is 5.20. The monoisotopic (exact) mass is 289 g/mol. The highest BCUT2D eigenvalue weighted by molar-refractivity contribution is 6.03. The molecule has 2 nitrogen and oxygen atoms in total. The molecule has 0 N–H and O–H groups in total. The molecule has 0 saturated heterocycles. The van der Waals surface area contributed by atoms with Crippen molar-refractivity contribution < 1.29 is 4.74 Å². The first-order valence-corrected chi connectivity index (χ1v) is 7.47. The lowest BCUT2D eigenvalue weighted by molar-refractivity contribution is 0.415. The van der Waals surface area contributed by atoms with E-state index < -0.39 is 0 Å². The SMILES string of the molecule is COc1ccc(N=C(CC2=CC=CC2)c2ccccc2)cc1. The predicted molar refractivity (Wildman–Crippen MR) is 92.1 cm³/mol. The summed E-state index contributed by atoms with van der Waals surface area (Å²) in [5, 5.41) is 0. The molecule has 0 aliphatic heterocycles. The Morgan fingerprint density at radius 3 is 2.45 bits per heavy atom. The number of aliphatic imine (C=N–C) groups is 1. The molecule has 1 aliphatic rings. The van der Waals surface area contributed by atoms with Crippen LogP contribution in [0.15, 0.2) is 83.4 Å². The maximum Gasteiger partial charge on any atom is 0.119 e. The van der Waals surface area contributed by atoms with Crippen molar-refractivity contribution >= 4 is 11.4 Å². The molecule has 0 fully saturated rings. The molecule has 0 spiro atoms. The topological polar surface area (TPSA) is 21.6 Å². The Hall–Kier alpha value is -2.61. The first kappa shape index (κ1) is 14.3. The van der Waals surface area contributed by atoms with E-state index in [1.165, 1.54) is 11.1 Å². The van der Waals surface area contributed by atoms with Crippen LogP contribution in [0.25, 0.3) is 0 Å². The minimum Gasteiger partial charge on any atom is -0.497 e. The minimum absolute atomic E-state index is 0.850. The van der Waals surface area contributed by atoms with E-state index in [-0.39, 0.29) is 0 Å². The van der Waals surface area contributed by atoms with Crippen LogP contribution in [-0.2, 0) is 0 Å². The third-order valence-corrected chi connectivity index (χ3v) is 3.69. The second-order valence-electron chi connectivity index (χ2n) is 5.26. The average molecular weight is 289 g/mol. The molecule has 0 saturated carbocycles. The number of allylic oxidation sites excluding steroid dienone is 4. The minimum atomic E-state index is 0.850. The number of rotatable bonds is 5. The molecular weight excluding hydrogens is 270 g/mol. The Morgan fingerprint density at radius 2 is 1.82 bits per heavy atom. The Bertz CT molecular complexity index is 709. The van der Waals surface area contributed by atoms with E-state index in [0.717, 1.165) is 30.0 Å². The fraction of sp³-hybridized carbons (Fsp3) is 0.150. The summed E-state index contributed by atoms with van der Waals surface area (Å²) in [4.78, 5) is 4.86. The van der Waals surface area contributed by atoms with Crippen LogP contribution in [0.3, 0.4) is 0 Å². The van der Waals surface area contributed by atoms with Gasteiger partial charge in [0.05, 0.1) is 18.5 Å². The normalized spacial score (nSPS) is 14.0. The first-order valence-electron chi connectivity index (χ1n) is 7.47. The number of nitrogens with zero attached hydrogens (tertiary/aromatic N) is 1. The van der Waals surface area contributed by atoms with Crippen LogP contribution in [0.5, 0.6) is 5.75 Å². The average Bonchev–Trinajstić information content (AvgIpc) is 3.09. The third-order valence-electron chi connectivity index (χ3n) is 3.69. The Morgan fingerprint density at radius 1 is 1.05 bits per heavy atom. The largest absolute Gasteiger partial charge is 0.497 e. The summed E-state index contributed by atoms with van der Waals surface area (Å²) >= 11 is 0. The molecule has 0 heterocycles. The van der Waals surface area contributed by atoms with E-state index in [2.05, 4.69) is 42.5 Å². The van der Waals surface area contributed by atoms with E-state index in [0.29, 0.717) is 0 Å².